The summed E-state index contributed by atoms with van der Waals surface area (Å²) in [6, 6.07) is 3.16. The fraction of sp³-hybridized carbons (Fsp3) is 0.500. The number of nitrogen functional groups attached to an aromatic ring is 1. The van der Waals surface area contributed by atoms with Crippen molar-refractivity contribution in [2.24, 2.45) is 5.84 Å². The Bertz CT molecular complexity index is 421. The van der Waals surface area contributed by atoms with Gasteiger partial charge in [-0.15, -0.1) is 0 Å². The molecule has 0 atom stereocenters. The molecule has 0 aliphatic carbocycles. The summed E-state index contributed by atoms with van der Waals surface area (Å²) in [7, 11) is 0. The number of nitrogens with one attached hydrogen (secondary N) is 2. The van der Waals surface area contributed by atoms with Crippen molar-refractivity contribution in [3.8, 4) is 0 Å². The zero-order chi connectivity index (χ0) is 15.0. The van der Waals surface area contributed by atoms with E-state index in [-0.39, 0.29) is 19.1 Å². The van der Waals surface area contributed by atoms with Gasteiger partial charge in [-0.1, -0.05) is 6.92 Å². The minimum Gasteiger partial charge on any atom is -0.374 e. The molecule has 0 aliphatic heterocycles. The highest BCUT2D eigenvalue weighted by Crippen LogP contribution is 2.10. The highest BCUT2D eigenvalue weighted by Gasteiger charge is 2.09. The lowest BCUT2D eigenvalue weighted by Gasteiger charge is -2.09. The smallest absolute Gasteiger partial charge is 0.261 e. The Kier molecular flexibility index (Phi) is 6.82. The molecule has 0 unspecified atom stereocenters. The first-order chi connectivity index (χ1) is 9.56. The normalized spacial score (nSPS) is 10.7. The Morgan fingerprint density at radius 3 is 2.85 bits per heavy atom. The minimum atomic E-state index is -2.50. The molecule has 0 saturated carbocycles. The third kappa shape index (κ3) is 5.45. The van der Waals surface area contributed by atoms with Crippen molar-refractivity contribution < 1.29 is 18.3 Å². The number of carbonyl (C=O) groups is 1. The molecule has 1 aromatic rings. The summed E-state index contributed by atoms with van der Waals surface area (Å²) in [4.78, 5) is 16.0. The number of hydrogen-bond donors (Lipinski definition) is 3. The molecule has 0 radical (unpaired) electrons. The molecule has 1 aromatic heterocycles. The quantitative estimate of drug-likeness (QED) is 0.376. The average Bonchev–Trinajstić information content (AvgIpc) is 2.45. The predicted octanol–water partition coefficient (Wildman–Crippen LogP) is 0.941. The second-order valence-electron chi connectivity index (χ2n) is 3.95. The minimum absolute atomic E-state index is 0.0315. The number of pyridine rings is 1. The van der Waals surface area contributed by atoms with Crippen molar-refractivity contribution in [3.63, 3.8) is 0 Å². The van der Waals surface area contributed by atoms with Gasteiger partial charge in [-0.3, -0.25) is 4.79 Å². The first-order valence-corrected chi connectivity index (χ1v) is 6.18. The number of anilines is 1. The number of amides is 1. The number of aromatic nitrogens is 1. The third-order valence-electron chi connectivity index (χ3n) is 2.43. The monoisotopic (exact) mass is 288 g/mol. The molecule has 6 nitrogen and oxygen atoms in total. The van der Waals surface area contributed by atoms with Gasteiger partial charge < -0.3 is 15.5 Å². The van der Waals surface area contributed by atoms with E-state index < -0.39 is 13.0 Å². The fourth-order valence-corrected chi connectivity index (χ4v) is 1.49. The first-order valence-electron chi connectivity index (χ1n) is 6.18. The van der Waals surface area contributed by atoms with Crippen LogP contribution in [0.4, 0.5) is 14.6 Å². The summed E-state index contributed by atoms with van der Waals surface area (Å²) in [6.45, 7) is 1.46. The maximum absolute atomic E-state index is 11.9. The van der Waals surface area contributed by atoms with Gasteiger partial charge in [-0.05, 0) is 18.6 Å². The first kappa shape index (κ1) is 16.3. The van der Waals surface area contributed by atoms with Gasteiger partial charge in [0.15, 0.2) is 0 Å². The van der Waals surface area contributed by atoms with Crippen LogP contribution in [0.2, 0.25) is 0 Å². The number of aryl methyl sites for hydroxylation is 1. The molecular formula is C12H18F2N4O2. The van der Waals surface area contributed by atoms with E-state index in [1.807, 2.05) is 6.92 Å². The Morgan fingerprint density at radius 2 is 2.25 bits per heavy atom. The van der Waals surface area contributed by atoms with Crippen LogP contribution >= 0.6 is 0 Å². The maximum Gasteiger partial charge on any atom is 0.261 e. The average molecular weight is 288 g/mol. The van der Waals surface area contributed by atoms with Crippen LogP contribution in [0, 0.1) is 0 Å². The number of ether oxygens (including phenoxy) is 1. The van der Waals surface area contributed by atoms with E-state index in [1.54, 1.807) is 6.07 Å². The Balaban J connectivity index is 2.50. The number of halogens is 2. The predicted molar refractivity (Wildman–Crippen MR) is 70.6 cm³/mol. The highest BCUT2D eigenvalue weighted by molar-refractivity contribution is 5.94. The van der Waals surface area contributed by atoms with Crippen molar-refractivity contribution in [2.75, 3.05) is 25.2 Å². The van der Waals surface area contributed by atoms with Crippen molar-refractivity contribution in [1.29, 1.82) is 0 Å². The topological polar surface area (TPSA) is 89.3 Å². The van der Waals surface area contributed by atoms with Crippen LogP contribution in [0.3, 0.4) is 0 Å². The molecule has 112 valence electrons. The lowest BCUT2D eigenvalue weighted by atomic mass is 10.2. The van der Waals surface area contributed by atoms with Crippen molar-refractivity contribution in [1.82, 2.24) is 10.3 Å². The number of hydrazine groups is 1. The molecule has 0 aliphatic rings. The number of alkyl halides is 2. The van der Waals surface area contributed by atoms with E-state index in [4.69, 9.17) is 5.84 Å². The van der Waals surface area contributed by atoms with Gasteiger partial charge >= 0.3 is 0 Å². The van der Waals surface area contributed by atoms with E-state index in [0.717, 1.165) is 5.69 Å². The molecule has 0 aromatic carbocycles. The molecule has 8 heteroatoms. The maximum atomic E-state index is 11.9. The lowest BCUT2D eigenvalue weighted by Crippen LogP contribution is -2.28. The molecule has 1 amide bonds. The summed E-state index contributed by atoms with van der Waals surface area (Å²) in [6.07, 6.45) is -1.84. The number of hydrogen-bond acceptors (Lipinski definition) is 5. The van der Waals surface area contributed by atoms with E-state index in [0.29, 0.717) is 17.8 Å². The number of nitrogens with two attached hydrogens (primary N) is 1. The molecule has 0 bridgehead atoms. The molecule has 0 fully saturated rings. The van der Waals surface area contributed by atoms with Crippen LogP contribution in [0.1, 0.15) is 23.0 Å². The van der Waals surface area contributed by atoms with Crippen LogP contribution in [-0.4, -0.2) is 37.1 Å². The molecular weight excluding hydrogens is 270 g/mol. The van der Waals surface area contributed by atoms with E-state index in [2.05, 4.69) is 20.5 Å². The summed E-state index contributed by atoms with van der Waals surface area (Å²) in [5, 5.41) is 2.57. The molecule has 1 rings (SSSR count). The van der Waals surface area contributed by atoms with Gasteiger partial charge in [0, 0.05) is 17.8 Å². The van der Waals surface area contributed by atoms with E-state index in [1.165, 1.54) is 6.07 Å². The number of nitrogens with zero attached hydrogens (tertiary/aromatic N) is 1. The van der Waals surface area contributed by atoms with Gasteiger partial charge in [-0.2, -0.15) is 0 Å². The molecule has 4 N–H and O–H groups in total. The van der Waals surface area contributed by atoms with Gasteiger partial charge in [0.2, 0.25) is 0 Å². The van der Waals surface area contributed by atoms with Crippen molar-refractivity contribution >= 4 is 11.7 Å². The van der Waals surface area contributed by atoms with Crippen LogP contribution in [0.5, 0.6) is 0 Å². The summed E-state index contributed by atoms with van der Waals surface area (Å²) in [5.74, 6) is 5.33. The summed E-state index contributed by atoms with van der Waals surface area (Å²) in [5.41, 5.74) is 3.51. The number of rotatable bonds is 8. The van der Waals surface area contributed by atoms with Gasteiger partial charge in [-0.25, -0.2) is 19.6 Å². The SMILES string of the molecule is CCc1cc(C(=O)NCCOCC(F)F)cc(NN)n1. The molecule has 20 heavy (non-hydrogen) atoms. The zero-order valence-corrected chi connectivity index (χ0v) is 11.2. The Hall–Kier alpha value is -1.80. The second-order valence-corrected chi connectivity index (χ2v) is 3.95. The zero-order valence-electron chi connectivity index (χ0n) is 11.2. The standard InChI is InChI=1S/C12H18F2N4O2/c1-2-9-5-8(6-11(17-9)18-15)12(19)16-3-4-20-7-10(13)14/h5-6,10H,2-4,7,15H2,1H3,(H,16,19)(H,17,18). The Labute approximate surface area is 115 Å². The third-order valence-corrected chi connectivity index (χ3v) is 2.43. The van der Waals surface area contributed by atoms with Gasteiger partial charge in [0.1, 0.15) is 12.4 Å². The van der Waals surface area contributed by atoms with E-state index in [9.17, 15) is 13.6 Å². The largest absolute Gasteiger partial charge is 0.374 e. The van der Waals surface area contributed by atoms with Crippen molar-refractivity contribution in [2.45, 2.75) is 19.8 Å². The van der Waals surface area contributed by atoms with E-state index >= 15 is 0 Å². The Morgan fingerprint density at radius 1 is 1.50 bits per heavy atom. The number of carbonyl (C=O) groups excluding carboxylic acids is 1. The molecule has 0 saturated heterocycles. The highest BCUT2D eigenvalue weighted by atomic mass is 19.3. The lowest BCUT2D eigenvalue weighted by molar-refractivity contribution is 0.0188. The fourth-order valence-electron chi connectivity index (χ4n) is 1.49. The van der Waals surface area contributed by atoms with Crippen LogP contribution < -0.4 is 16.6 Å². The second kappa shape index (κ2) is 8.39. The van der Waals surface area contributed by atoms with Gasteiger partial charge in [0.05, 0.1) is 6.61 Å². The van der Waals surface area contributed by atoms with Crippen LogP contribution in [0.15, 0.2) is 12.1 Å². The summed E-state index contributed by atoms with van der Waals surface area (Å²) >= 11 is 0. The van der Waals surface area contributed by atoms with Crippen molar-refractivity contribution in [3.05, 3.63) is 23.4 Å². The summed E-state index contributed by atoms with van der Waals surface area (Å²) < 4.78 is 28.3. The molecule has 1 heterocycles. The van der Waals surface area contributed by atoms with Crippen LogP contribution in [0.25, 0.3) is 0 Å². The van der Waals surface area contributed by atoms with Crippen LogP contribution in [-0.2, 0) is 11.2 Å². The van der Waals surface area contributed by atoms with Gasteiger partial charge in [0.25, 0.3) is 12.3 Å². The molecule has 0 spiro atoms.